The Morgan fingerprint density at radius 2 is 1.65 bits per heavy atom. The van der Waals surface area contributed by atoms with Crippen molar-refractivity contribution in [2.45, 2.75) is 59.9 Å². The molecule has 0 aliphatic rings. The lowest BCUT2D eigenvalue weighted by Crippen LogP contribution is -2.48. The van der Waals surface area contributed by atoms with Crippen molar-refractivity contribution >= 4 is 11.8 Å². The fourth-order valence-corrected chi connectivity index (χ4v) is 2.20. The van der Waals surface area contributed by atoms with Crippen LogP contribution in [0.5, 0.6) is 0 Å². The van der Waals surface area contributed by atoms with E-state index in [4.69, 9.17) is 5.73 Å². The molecule has 4 nitrogen and oxygen atoms in total. The first-order valence-electron chi connectivity index (χ1n) is 7.09. The van der Waals surface area contributed by atoms with Crippen LogP contribution in [0.4, 0.5) is 0 Å². The smallest absolute Gasteiger partial charge is 0.224 e. The zero-order valence-electron chi connectivity index (χ0n) is 13.7. The molecule has 0 aromatic heterocycles. The average molecular weight is 282 g/mol. The predicted molar refractivity (Wildman–Crippen MR) is 83.0 cm³/mol. The molecule has 0 aromatic carbocycles. The summed E-state index contributed by atoms with van der Waals surface area (Å²) in [5.74, 6) is -1.49. The summed E-state index contributed by atoms with van der Waals surface area (Å²) < 4.78 is 0. The Morgan fingerprint density at radius 1 is 1.15 bits per heavy atom. The van der Waals surface area contributed by atoms with Gasteiger partial charge < -0.3 is 11.1 Å². The standard InChI is InChI=1S/C16H30N2O2/c1-8-9-11(13(17)19)12(10-15(2,3)4)14(20)18-16(5,6)7/h8,11-12H,1,9-10H2,2-7H3,(H2,17,19)(H,18,20)/t11-,12?/m0/s1. The van der Waals surface area contributed by atoms with Crippen molar-refractivity contribution in [2.75, 3.05) is 0 Å². The van der Waals surface area contributed by atoms with Gasteiger partial charge in [0.2, 0.25) is 11.8 Å². The second-order valence-electron chi connectivity index (χ2n) is 7.64. The van der Waals surface area contributed by atoms with Crippen molar-refractivity contribution in [3.05, 3.63) is 12.7 Å². The second kappa shape index (κ2) is 6.91. The molecule has 0 aliphatic carbocycles. The van der Waals surface area contributed by atoms with E-state index in [9.17, 15) is 9.59 Å². The Hall–Kier alpha value is -1.32. The minimum absolute atomic E-state index is 0.0608. The molecule has 0 saturated heterocycles. The van der Waals surface area contributed by atoms with Crippen LogP contribution in [-0.4, -0.2) is 17.4 Å². The van der Waals surface area contributed by atoms with E-state index in [2.05, 4.69) is 32.7 Å². The van der Waals surface area contributed by atoms with Gasteiger partial charge in [-0.25, -0.2) is 0 Å². The van der Waals surface area contributed by atoms with Gasteiger partial charge in [-0.15, -0.1) is 6.58 Å². The zero-order chi connectivity index (χ0) is 16.1. The zero-order valence-corrected chi connectivity index (χ0v) is 13.7. The Bertz CT molecular complexity index is 362. The van der Waals surface area contributed by atoms with Crippen LogP contribution in [0.2, 0.25) is 0 Å². The fraction of sp³-hybridized carbons (Fsp3) is 0.750. The molecule has 0 heterocycles. The molecular weight excluding hydrogens is 252 g/mol. The molecule has 116 valence electrons. The van der Waals surface area contributed by atoms with Crippen LogP contribution in [0.3, 0.4) is 0 Å². The molecule has 4 heteroatoms. The summed E-state index contributed by atoms with van der Waals surface area (Å²) in [5.41, 5.74) is 5.09. The first kappa shape index (κ1) is 18.7. The van der Waals surface area contributed by atoms with Crippen LogP contribution >= 0.6 is 0 Å². The highest BCUT2D eigenvalue weighted by Gasteiger charge is 2.35. The first-order chi connectivity index (χ1) is 8.87. The molecular formula is C16H30N2O2. The van der Waals surface area contributed by atoms with Crippen molar-refractivity contribution in [1.82, 2.24) is 5.32 Å². The molecule has 1 unspecified atom stereocenters. The summed E-state index contributed by atoms with van der Waals surface area (Å²) in [7, 11) is 0. The van der Waals surface area contributed by atoms with E-state index in [-0.39, 0.29) is 16.9 Å². The Labute approximate surface area is 123 Å². The highest BCUT2D eigenvalue weighted by molar-refractivity contribution is 5.87. The van der Waals surface area contributed by atoms with Gasteiger partial charge in [0.15, 0.2) is 0 Å². The van der Waals surface area contributed by atoms with Crippen molar-refractivity contribution in [3.63, 3.8) is 0 Å². The van der Waals surface area contributed by atoms with E-state index in [1.807, 2.05) is 20.8 Å². The summed E-state index contributed by atoms with van der Waals surface area (Å²) in [6.07, 6.45) is 2.68. The van der Waals surface area contributed by atoms with Crippen LogP contribution < -0.4 is 11.1 Å². The van der Waals surface area contributed by atoms with Gasteiger partial charge in [-0.1, -0.05) is 26.8 Å². The number of nitrogens with one attached hydrogen (secondary N) is 1. The lowest BCUT2D eigenvalue weighted by atomic mass is 9.76. The number of nitrogens with two attached hydrogens (primary N) is 1. The summed E-state index contributed by atoms with van der Waals surface area (Å²) in [4.78, 5) is 24.2. The van der Waals surface area contributed by atoms with Gasteiger partial charge in [-0.2, -0.15) is 0 Å². The highest BCUT2D eigenvalue weighted by Crippen LogP contribution is 2.31. The van der Waals surface area contributed by atoms with Crippen LogP contribution in [0.25, 0.3) is 0 Å². The van der Waals surface area contributed by atoms with Crippen LogP contribution in [0.15, 0.2) is 12.7 Å². The highest BCUT2D eigenvalue weighted by atomic mass is 16.2. The van der Waals surface area contributed by atoms with E-state index in [0.29, 0.717) is 12.8 Å². The summed E-state index contributed by atoms with van der Waals surface area (Å²) >= 11 is 0. The van der Waals surface area contributed by atoms with Crippen molar-refractivity contribution in [3.8, 4) is 0 Å². The number of hydrogen-bond acceptors (Lipinski definition) is 2. The van der Waals surface area contributed by atoms with Gasteiger partial charge in [0.1, 0.15) is 0 Å². The summed E-state index contributed by atoms with van der Waals surface area (Å²) in [5, 5.41) is 2.95. The molecule has 3 N–H and O–H groups in total. The Balaban J connectivity index is 5.29. The van der Waals surface area contributed by atoms with Gasteiger partial charge in [0, 0.05) is 5.54 Å². The third kappa shape index (κ3) is 7.31. The molecule has 0 spiro atoms. The number of carbonyl (C=O) groups excluding carboxylic acids is 2. The molecule has 0 fully saturated rings. The maximum absolute atomic E-state index is 12.5. The van der Waals surface area contributed by atoms with E-state index in [1.165, 1.54) is 0 Å². The quantitative estimate of drug-likeness (QED) is 0.735. The van der Waals surface area contributed by atoms with Gasteiger partial charge in [-0.05, 0) is 39.0 Å². The van der Waals surface area contributed by atoms with E-state index < -0.39 is 17.7 Å². The van der Waals surface area contributed by atoms with E-state index in [0.717, 1.165) is 0 Å². The Morgan fingerprint density at radius 3 is 1.95 bits per heavy atom. The lowest BCUT2D eigenvalue weighted by molar-refractivity contribution is -0.135. The van der Waals surface area contributed by atoms with E-state index >= 15 is 0 Å². The molecule has 0 rings (SSSR count). The van der Waals surface area contributed by atoms with Crippen molar-refractivity contribution < 1.29 is 9.59 Å². The number of amides is 2. The average Bonchev–Trinajstić information content (AvgIpc) is 2.18. The van der Waals surface area contributed by atoms with Gasteiger partial charge in [0.05, 0.1) is 11.8 Å². The molecule has 0 saturated carbocycles. The maximum atomic E-state index is 12.5. The van der Waals surface area contributed by atoms with Crippen LogP contribution in [-0.2, 0) is 9.59 Å². The van der Waals surface area contributed by atoms with Gasteiger partial charge >= 0.3 is 0 Å². The van der Waals surface area contributed by atoms with Crippen molar-refractivity contribution in [2.24, 2.45) is 23.0 Å². The minimum atomic E-state index is -0.505. The fourth-order valence-electron chi connectivity index (χ4n) is 2.20. The molecule has 0 radical (unpaired) electrons. The second-order valence-corrected chi connectivity index (χ2v) is 7.64. The third-order valence-electron chi connectivity index (χ3n) is 2.94. The maximum Gasteiger partial charge on any atom is 0.224 e. The largest absolute Gasteiger partial charge is 0.369 e. The molecule has 2 atom stereocenters. The lowest BCUT2D eigenvalue weighted by Gasteiger charge is -2.32. The molecule has 0 bridgehead atoms. The first-order valence-corrected chi connectivity index (χ1v) is 7.09. The molecule has 20 heavy (non-hydrogen) atoms. The number of carbonyl (C=O) groups is 2. The predicted octanol–water partition coefficient (Wildman–Crippen LogP) is 2.63. The number of rotatable bonds is 6. The van der Waals surface area contributed by atoms with Crippen molar-refractivity contribution in [1.29, 1.82) is 0 Å². The summed E-state index contributed by atoms with van der Waals surface area (Å²) in [6, 6.07) is 0. The third-order valence-corrected chi connectivity index (χ3v) is 2.94. The normalized spacial score (nSPS) is 15.3. The Kier molecular flexibility index (Phi) is 6.45. The monoisotopic (exact) mass is 282 g/mol. The van der Waals surface area contributed by atoms with Crippen LogP contribution in [0, 0.1) is 17.3 Å². The molecule has 0 aromatic rings. The number of hydrogen-bond donors (Lipinski definition) is 2. The minimum Gasteiger partial charge on any atom is -0.369 e. The summed E-state index contributed by atoms with van der Waals surface area (Å²) in [6.45, 7) is 15.6. The number of primary amides is 1. The van der Waals surface area contributed by atoms with Crippen LogP contribution in [0.1, 0.15) is 54.4 Å². The van der Waals surface area contributed by atoms with Gasteiger partial charge in [0.25, 0.3) is 0 Å². The SMILES string of the molecule is C=CC[C@H](C(N)=O)C(CC(C)(C)C)C(=O)NC(C)(C)C. The molecule has 0 aliphatic heterocycles. The topological polar surface area (TPSA) is 72.2 Å². The number of allylic oxidation sites excluding steroid dienone is 1. The molecule has 2 amide bonds. The van der Waals surface area contributed by atoms with E-state index in [1.54, 1.807) is 6.08 Å². The van der Waals surface area contributed by atoms with Gasteiger partial charge in [-0.3, -0.25) is 9.59 Å².